The Hall–Kier alpha value is -3.38. The number of rotatable bonds is 6. The smallest absolute Gasteiger partial charge is 0.293 e. The molecule has 0 radical (unpaired) electrons. The van der Waals surface area contributed by atoms with E-state index in [1.54, 1.807) is 0 Å². The molecule has 1 heterocycles. The summed E-state index contributed by atoms with van der Waals surface area (Å²) >= 11 is 0. The van der Waals surface area contributed by atoms with Crippen molar-refractivity contribution in [1.82, 2.24) is 0 Å². The number of anilines is 1. The van der Waals surface area contributed by atoms with Crippen LogP contribution in [0, 0.1) is 23.4 Å². The molecule has 0 saturated heterocycles. The van der Waals surface area contributed by atoms with Crippen molar-refractivity contribution in [1.29, 1.82) is 0 Å². The molecule has 0 bridgehead atoms. The fourth-order valence-electron chi connectivity index (χ4n) is 3.29. The van der Waals surface area contributed by atoms with E-state index < -0.39 is 83.2 Å². The lowest BCUT2D eigenvalue weighted by Gasteiger charge is -2.29. The van der Waals surface area contributed by atoms with Crippen molar-refractivity contribution < 1.29 is 49.1 Å². The predicted octanol–water partition coefficient (Wildman–Crippen LogP) is 5.57. The van der Waals surface area contributed by atoms with Crippen molar-refractivity contribution in [2.75, 3.05) is 5.01 Å². The second-order valence-corrected chi connectivity index (χ2v) is 6.73. The highest BCUT2D eigenvalue weighted by atomic mass is 19.3. The van der Waals surface area contributed by atoms with Gasteiger partial charge in [0.15, 0.2) is 0 Å². The van der Waals surface area contributed by atoms with Gasteiger partial charge in [0.2, 0.25) is 11.7 Å². The van der Waals surface area contributed by atoms with Gasteiger partial charge >= 0.3 is 0 Å². The molecule has 1 aliphatic rings. The minimum absolute atomic E-state index is 0.0750. The molecule has 0 N–H and O–H groups in total. The Morgan fingerprint density at radius 2 is 1.39 bits per heavy atom. The lowest BCUT2D eigenvalue weighted by atomic mass is 9.86. The van der Waals surface area contributed by atoms with Gasteiger partial charge in [0, 0.05) is 6.42 Å². The van der Waals surface area contributed by atoms with Crippen LogP contribution in [0.5, 0.6) is 0 Å². The number of hydrazone groups is 1. The monoisotopic (exact) mass is 482 g/mol. The number of halogens is 9. The van der Waals surface area contributed by atoms with Crippen LogP contribution in [0.3, 0.4) is 0 Å². The van der Waals surface area contributed by atoms with Crippen LogP contribution in [-0.2, 0) is 9.59 Å². The van der Waals surface area contributed by atoms with E-state index in [-0.39, 0.29) is 5.69 Å². The van der Waals surface area contributed by atoms with Crippen molar-refractivity contribution >= 4 is 23.1 Å². The van der Waals surface area contributed by atoms with Gasteiger partial charge in [0.05, 0.1) is 34.0 Å². The second-order valence-electron chi connectivity index (χ2n) is 6.73. The molecule has 1 unspecified atom stereocenters. The first-order valence-corrected chi connectivity index (χ1v) is 9.02. The molecule has 0 spiro atoms. The van der Waals surface area contributed by atoms with Crippen molar-refractivity contribution in [2.24, 2.45) is 11.0 Å². The van der Waals surface area contributed by atoms with Crippen LogP contribution >= 0.6 is 0 Å². The van der Waals surface area contributed by atoms with E-state index in [0.717, 1.165) is 0 Å². The summed E-state index contributed by atoms with van der Waals surface area (Å²) in [7, 11) is 0. The van der Waals surface area contributed by atoms with E-state index in [9.17, 15) is 49.1 Å². The number of benzene rings is 2. The lowest BCUT2D eigenvalue weighted by molar-refractivity contribution is -0.134. The Balaban J connectivity index is 2.38. The zero-order valence-electron chi connectivity index (χ0n) is 16.0. The van der Waals surface area contributed by atoms with Gasteiger partial charge in [-0.3, -0.25) is 9.59 Å². The van der Waals surface area contributed by atoms with Crippen LogP contribution in [0.2, 0.25) is 0 Å². The first-order valence-electron chi connectivity index (χ1n) is 9.02. The SMILES string of the molecule is O=C(C(F)F)C1CC(=O)N(c2ccccc2)N=C1c1c(F)c(C(F)F)c(F)c(C(F)F)c1F. The van der Waals surface area contributed by atoms with Gasteiger partial charge in [-0.15, -0.1) is 0 Å². The molecule has 4 nitrogen and oxygen atoms in total. The lowest BCUT2D eigenvalue weighted by Crippen LogP contribution is -2.43. The number of amides is 1. The molecule has 13 heteroatoms. The number of carbonyl (C=O) groups is 2. The number of alkyl halides is 6. The molecule has 2 aromatic rings. The Morgan fingerprint density at radius 3 is 1.85 bits per heavy atom. The van der Waals surface area contributed by atoms with E-state index in [1.165, 1.54) is 30.3 Å². The van der Waals surface area contributed by atoms with E-state index in [1.807, 2.05) is 0 Å². The van der Waals surface area contributed by atoms with Gasteiger partial charge in [-0.25, -0.2) is 44.5 Å². The van der Waals surface area contributed by atoms with Crippen molar-refractivity contribution in [3.8, 4) is 0 Å². The summed E-state index contributed by atoms with van der Waals surface area (Å²) in [5, 5.41) is 3.94. The minimum atomic E-state index is -4.05. The first kappa shape index (κ1) is 24.3. The third kappa shape index (κ3) is 4.31. The average molecular weight is 482 g/mol. The van der Waals surface area contributed by atoms with E-state index >= 15 is 0 Å². The van der Waals surface area contributed by atoms with Crippen LogP contribution in [0.1, 0.15) is 36.0 Å². The van der Waals surface area contributed by atoms with Gasteiger partial charge < -0.3 is 0 Å². The van der Waals surface area contributed by atoms with Crippen LogP contribution in [0.4, 0.5) is 45.2 Å². The minimum Gasteiger partial charge on any atom is -0.293 e. The second kappa shape index (κ2) is 9.24. The number of ketones is 1. The number of carbonyl (C=O) groups excluding carboxylic acids is 2. The van der Waals surface area contributed by atoms with Crippen LogP contribution < -0.4 is 5.01 Å². The van der Waals surface area contributed by atoms with Gasteiger partial charge in [-0.05, 0) is 12.1 Å². The third-order valence-electron chi connectivity index (χ3n) is 4.79. The number of para-hydroxylation sites is 1. The van der Waals surface area contributed by atoms with E-state index in [0.29, 0.717) is 5.01 Å². The number of hydrogen-bond donors (Lipinski definition) is 0. The normalized spacial score (nSPS) is 16.7. The molecule has 176 valence electrons. The standard InChI is InChI=1S/C20H11F9N2O2/c21-13-10(14(22)12(19(26)27)15(23)11(13)18(24)25)16-8(17(33)20(28)29)6-9(32)31(30-16)7-4-2-1-3-5-7/h1-5,8,18-20H,6H2. The zero-order valence-corrected chi connectivity index (χ0v) is 16.0. The maximum absolute atomic E-state index is 14.8. The highest BCUT2D eigenvalue weighted by molar-refractivity contribution is 6.20. The molecule has 1 aliphatic heterocycles. The van der Waals surface area contributed by atoms with Crippen LogP contribution in [0.15, 0.2) is 35.4 Å². The quantitative estimate of drug-likeness (QED) is 0.506. The van der Waals surface area contributed by atoms with E-state index in [2.05, 4.69) is 5.10 Å². The molecule has 0 aromatic heterocycles. The highest BCUT2D eigenvalue weighted by Crippen LogP contribution is 2.39. The van der Waals surface area contributed by atoms with Gasteiger partial charge in [-0.1, -0.05) is 18.2 Å². The van der Waals surface area contributed by atoms with E-state index in [4.69, 9.17) is 0 Å². The largest absolute Gasteiger partial charge is 0.296 e. The molecule has 3 rings (SSSR count). The molecule has 0 fully saturated rings. The number of hydrogen-bond acceptors (Lipinski definition) is 3. The molecular formula is C20H11F9N2O2. The maximum atomic E-state index is 14.8. The zero-order chi connectivity index (χ0) is 24.6. The van der Waals surface area contributed by atoms with Gasteiger partial charge in [0.25, 0.3) is 19.3 Å². The molecule has 1 atom stereocenters. The fourth-order valence-corrected chi connectivity index (χ4v) is 3.29. The Bertz CT molecular complexity index is 1090. The highest BCUT2D eigenvalue weighted by Gasteiger charge is 2.43. The summed E-state index contributed by atoms with van der Waals surface area (Å²) in [6, 6.07) is 6.77. The summed E-state index contributed by atoms with van der Waals surface area (Å²) in [6.45, 7) is 0. The third-order valence-corrected chi connectivity index (χ3v) is 4.79. The Labute approximate surface area is 179 Å². The first-order chi connectivity index (χ1) is 15.5. The molecular weight excluding hydrogens is 471 g/mol. The van der Waals surface area contributed by atoms with Gasteiger partial charge in [-0.2, -0.15) is 5.10 Å². The number of nitrogens with zero attached hydrogens (tertiary/aromatic N) is 2. The molecule has 1 amide bonds. The van der Waals surface area contributed by atoms with Gasteiger partial charge in [0.1, 0.15) is 17.5 Å². The molecule has 0 saturated carbocycles. The summed E-state index contributed by atoms with van der Waals surface area (Å²) in [4.78, 5) is 24.4. The summed E-state index contributed by atoms with van der Waals surface area (Å²) in [6.07, 6.45) is -13.0. The fraction of sp³-hybridized carbons (Fsp3) is 0.250. The van der Waals surface area contributed by atoms with Crippen molar-refractivity contribution in [3.63, 3.8) is 0 Å². The Kier molecular flexibility index (Phi) is 6.79. The topological polar surface area (TPSA) is 49.7 Å². The predicted molar refractivity (Wildman–Crippen MR) is 95.8 cm³/mol. The van der Waals surface area contributed by atoms with Crippen molar-refractivity contribution in [3.05, 3.63) is 64.5 Å². The molecule has 2 aromatic carbocycles. The molecule has 0 aliphatic carbocycles. The van der Waals surface area contributed by atoms with Crippen LogP contribution in [-0.4, -0.2) is 23.8 Å². The maximum Gasteiger partial charge on any atom is 0.296 e. The molecule has 33 heavy (non-hydrogen) atoms. The average Bonchev–Trinajstić information content (AvgIpc) is 2.73. The Morgan fingerprint density at radius 1 is 0.879 bits per heavy atom. The van der Waals surface area contributed by atoms with Crippen LogP contribution in [0.25, 0.3) is 0 Å². The number of Topliss-reactive ketones (excluding diaryl/α,β-unsaturated/α-hetero) is 1. The summed E-state index contributed by atoms with van der Waals surface area (Å²) < 4.78 is 123. The summed E-state index contributed by atoms with van der Waals surface area (Å²) in [5.74, 6) is -12.9. The van der Waals surface area contributed by atoms with Crippen molar-refractivity contribution in [2.45, 2.75) is 25.7 Å². The summed E-state index contributed by atoms with van der Waals surface area (Å²) in [5.41, 5.74) is -7.74.